The molecule has 2 saturated heterocycles. The molecule has 5 aromatic rings. The van der Waals surface area contributed by atoms with Gasteiger partial charge in [-0.2, -0.15) is 5.10 Å². The first-order chi connectivity index (χ1) is 26.2. The number of amides is 4. The topological polar surface area (TPSA) is 170 Å². The van der Waals surface area contributed by atoms with Crippen molar-refractivity contribution in [1.82, 2.24) is 9.78 Å². The van der Waals surface area contributed by atoms with Crippen molar-refractivity contribution in [2.45, 2.75) is 32.6 Å². The monoisotopic (exact) mass is 776 g/mol. The summed E-state index contributed by atoms with van der Waals surface area (Å²) in [6.07, 6.45) is 2.20. The first kappa shape index (κ1) is 34.9. The van der Waals surface area contributed by atoms with Crippen LogP contribution < -0.4 is 9.80 Å². The van der Waals surface area contributed by atoms with Gasteiger partial charge in [-0.3, -0.25) is 23.9 Å². The number of hydrogen-bond acceptors (Lipinski definition) is 9. The van der Waals surface area contributed by atoms with Gasteiger partial charge < -0.3 is 15.3 Å². The lowest BCUT2D eigenvalue weighted by Gasteiger charge is -2.49. The van der Waals surface area contributed by atoms with Gasteiger partial charge in [-0.05, 0) is 91.6 Å². The van der Waals surface area contributed by atoms with Crippen LogP contribution in [0, 0.1) is 36.0 Å². The highest BCUT2D eigenvalue weighted by Gasteiger charge is 2.68. The second kappa shape index (κ2) is 12.1. The van der Waals surface area contributed by atoms with E-state index >= 15 is 4.79 Å². The summed E-state index contributed by atoms with van der Waals surface area (Å²) in [5.41, 5.74) is 1.24. The maximum absolute atomic E-state index is 15.0. The van der Waals surface area contributed by atoms with Crippen molar-refractivity contribution < 1.29 is 39.3 Å². The fourth-order valence-electron chi connectivity index (χ4n) is 9.63. The fraction of sp³-hybridized carbons (Fsp3) is 0.268. The number of aromatic hydroxyl groups is 2. The summed E-state index contributed by atoms with van der Waals surface area (Å²) in [4.78, 5) is 72.8. The third-order valence-corrected chi connectivity index (χ3v) is 13.7. The van der Waals surface area contributed by atoms with Gasteiger partial charge in [-0.25, -0.2) is 14.6 Å². The van der Waals surface area contributed by atoms with E-state index in [9.17, 15) is 34.5 Å². The van der Waals surface area contributed by atoms with Crippen molar-refractivity contribution in [1.29, 1.82) is 0 Å². The number of thiophene rings is 1. The summed E-state index contributed by atoms with van der Waals surface area (Å²) in [6.45, 7) is 3.75. The Bertz CT molecular complexity index is 2610. The number of phenols is 2. The van der Waals surface area contributed by atoms with Gasteiger partial charge in [0.25, 0.3) is 0 Å². The largest absolute Gasteiger partial charge is 0.508 e. The van der Waals surface area contributed by atoms with E-state index < -0.39 is 70.4 Å². The summed E-state index contributed by atoms with van der Waals surface area (Å²) in [7, 11) is 1.68. The fourth-order valence-corrected chi connectivity index (χ4v) is 10.9. The molecule has 4 aliphatic rings. The summed E-state index contributed by atoms with van der Waals surface area (Å²) in [5.74, 6) is -7.51. The first-order valence-electron chi connectivity index (χ1n) is 17.7. The molecule has 2 aromatic heterocycles. The van der Waals surface area contributed by atoms with E-state index in [0.29, 0.717) is 22.1 Å². The number of rotatable bonds is 5. The van der Waals surface area contributed by atoms with Crippen LogP contribution in [0.2, 0.25) is 5.02 Å². The van der Waals surface area contributed by atoms with Crippen molar-refractivity contribution in [3.05, 3.63) is 100 Å². The molecule has 0 unspecified atom stereocenters. The number of anilines is 2. The summed E-state index contributed by atoms with van der Waals surface area (Å²) in [6, 6.07) is 17.5. The lowest BCUT2D eigenvalue weighted by atomic mass is 9.51. The number of carbonyl (C=O) groups is 5. The second-order valence-corrected chi connectivity index (χ2v) is 16.5. The maximum Gasteiger partial charge on any atom is 0.339 e. The standard InChI is InChI=1S/C41H33ClN4O8S/c1-18-26-14-20(42)7-12-31(26)55-35(18)29-17-32(44(3)43-29)46-37(50)28-16-27-23(34(41(28,2)40(46)54)19-5-4-6-22(47)13-19)10-11-25-33(27)38(51)45(36(25)49)21-8-9-24(39(52)53)30(48)15-21/h4-10,12-15,17,25,27-28,33-34,47-48H,11,16H2,1-3H3,(H,52,53)/t25-,27+,28-,33-,34-,41+/m0/s1. The number of aromatic nitrogens is 2. The molecule has 4 heterocycles. The molecule has 3 fully saturated rings. The number of allylic oxidation sites excluding steroid dienone is 2. The summed E-state index contributed by atoms with van der Waals surface area (Å²) >= 11 is 7.83. The predicted molar refractivity (Wildman–Crippen MR) is 204 cm³/mol. The lowest BCUT2D eigenvalue weighted by Crippen LogP contribution is -2.48. The van der Waals surface area contributed by atoms with Crippen molar-refractivity contribution >= 4 is 74.1 Å². The van der Waals surface area contributed by atoms with Crippen LogP contribution in [0.5, 0.6) is 11.5 Å². The molecule has 3 N–H and O–H groups in total. The molecule has 14 heteroatoms. The zero-order valence-electron chi connectivity index (χ0n) is 29.7. The molecule has 6 atom stereocenters. The minimum Gasteiger partial charge on any atom is -0.508 e. The molecule has 1 saturated carbocycles. The Morgan fingerprint density at radius 2 is 1.73 bits per heavy atom. The summed E-state index contributed by atoms with van der Waals surface area (Å²) < 4.78 is 2.54. The molecule has 9 rings (SSSR count). The molecule has 55 heavy (non-hydrogen) atoms. The number of fused-ring (bicyclic) bond motifs is 5. The average molecular weight is 777 g/mol. The maximum atomic E-state index is 15.0. The number of phenolic OH excluding ortho intramolecular Hbond substituents is 1. The number of benzene rings is 3. The van der Waals surface area contributed by atoms with Gasteiger partial charge in [-0.1, -0.05) is 35.4 Å². The van der Waals surface area contributed by atoms with E-state index in [-0.39, 0.29) is 29.8 Å². The molecule has 0 bridgehead atoms. The molecule has 278 valence electrons. The SMILES string of the molecule is Cc1c(-c2cc(N3C(=O)[C@@H]4C[C@@H]5C(=CC[C@@H]6C(=O)N(c7ccc(C(=O)O)c(O)c7)C(=O)[C@@H]65)[C@H](c5cccc(O)c5)[C@]4(C)C3=O)n(C)n2)sc2ccc(Cl)cc12. The van der Waals surface area contributed by atoms with E-state index in [1.54, 1.807) is 38.2 Å². The number of aryl methyl sites for hydroxylation is 2. The normalized spacial score (nSPS) is 26.0. The van der Waals surface area contributed by atoms with Crippen molar-refractivity contribution in [2.75, 3.05) is 9.80 Å². The van der Waals surface area contributed by atoms with Gasteiger partial charge in [0, 0.05) is 34.8 Å². The van der Waals surface area contributed by atoms with Crippen LogP contribution in [0.4, 0.5) is 11.5 Å². The molecule has 0 radical (unpaired) electrons. The van der Waals surface area contributed by atoms with Gasteiger partial charge in [0.05, 0.1) is 33.7 Å². The number of aromatic carboxylic acids is 1. The molecule has 4 amide bonds. The molecular formula is C41H33ClN4O8S. The van der Waals surface area contributed by atoms with Gasteiger partial charge in [-0.15, -0.1) is 11.3 Å². The number of carboxylic acid groups (broad SMARTS) is 1. The van der Waals surface area contributed by atoms with E-state index in [1.165, 1.54) is 33.1 Å². The van der Waals surface area contributed by atoms with Gasteiger partial charge in [0.1, 0.15) is 28.6 Å². The third-order valence-electron chi connectivity index (χ3n) is 12.2. The van der Waals surface area contributed by atoms with E-state index in [1.807, 2.05) is 31.2 Å². The first-order valence-corrected chi connectivity index (χ1v) is 18.9. The van der Waals surface area contributed by atoms with E-state index in [0.717, 1.165) is 43.1 Å². The molecule has 12 nitrogen and oxygen atoms in total. The predicted octanol–water partition coefficient (Wildman–Crippen LogP) is 6.81. The van der Waals surface area contributed by atoms with E-state index in [4.69, 9.17) is 16.7 Å². The molecular weight excluding hydrogens is 744 g/mol. The Balaban J connectivity index is 1.13. The van der Waals surface area contributed by atoms with Crippen LogP contribution >= 0.6 is 22.9 Å². The van der Waals surface area contributed by atoms with Crippen LogP contribution in [0.15, 0.2) is 78.4 Å². The number of imide groups is 2. The third kappa shape index (κ3) is 4.88. The average Bonchev–Trinajstić information content (AvgIpc) is 3.81. The number of nitrogens with zero attached hydrogens (tertiary/aromatic N) is 4. The molecule has 3 aromatic carbocycles. The van der Waals surface area contributed by atoms with Gasteiger partial charge in [0.15, 0.2) is 0 Å². The van der Waals surface area contributed by atoms with Crippen LogP contribution in [0.25, 0.3) is 20.7 Å². The van der Waals surface area contributed by atoms with Crippen molar-refractivity contribution in [2.24, 2.45) is 36.1 Å². The minimum atomic E-state index is -1.36. The molecule has 2 aliphatic heterocycles. The zero-order valence-corrected chi connectivity index (χ0v) is 31.3. The van der Waals surface area contributed by atoms with Crippen LogP contribution in [0.3, 0.4) is 0 Å². The second-order valence-electron chi connectivity index (χ2n) is 15.0. The Labute approximate surface area is 322 Å². The molecule has 0 spiro atoms. The van der Waals surface area contributed by atoms with Gasteiger partial charge in [0.2, 0.25) is 23.6 Å². The molecule has 2 aliphatic carbocycles. The van der Waals surface area contributed by atoms with Crippen LogP contribution in [-0.4, -0.2) is 54.7 Å². The Morgan fingerprint density at radius 1 is 0.945 bits per heavy atom. The highest BCUT2D eigenvalue weighted by molar-refractivity contribution is 7.22. The quantitative estimate of drug-likeness (QED) is 0.128. The Hall–Kier alpha value is -5.79. The van der Waals surface area contributed by atoms with E-state index in [2.05, 4.69) is 0 Å². The highest BCUT2D eigenvalue weighted by atomic mass is 35.5. The van der Waals surface area contributed by atoms with Crippen LogP contribution in [-0.2, 0) is 26.2 Å². The lowest BCUT2D eigenvalue weighted by molar-refractivity contribution is -0.131. The Morgan fingerprint density at radius 3 is 2.45 bits per heavy atom. The van der Waals surface area contributed by atoms with Crippen LogP contribution in [0.1, 0.15) is 47.2 Å². The zero-order chi connectivity index (χ0) is 38.8. The smallest absolute Gasteiger partial charge is 0.339 e. The number of carbonyl (C=O) groups excluding carboxylic acids is 4. The number of halogens is 1. The highest BCUT2D eigenvalue weighted by Crippen LogP contribution is 2.64. The van der Waals surface area contributed by atoms with Crippen molar-refractivity contribution in [3.8, 4) is 22.1 Å². The minimum absolute atomic E-state index is 0.0260. The summed E-state index contributed by atoms with van der Waals surface area (Å²) in [5, 5.41) is 36.8. The number of carboxylic acids is 1. The number of hydrogen-bond donors (Lipinski definition) is 3. The Kier molecular flexibility index (Phi) is 7.69. The van der Waals surface area contributed by atoms with Gasteiger partial charge >= 0.3 is 5.97 Å². The van der Waals surface area contributed by atoms with Crippen molar-refractivity contribution in [3.63, 3.8) is 0 Å².